The van der Waals surface area contributed by atoms with E-state index in [4.69, 9.17) is 12.2 Å². The Morgan fingerprint density at radius 1 is 1.67 bits per heavy atom. The molecule has 3 nitrogen and oxygen atoms in total. The van der Waals surface area contributed by atoms with Gasteiger partial charge in [0, 0.05) is 23.6 Å². The van der Waals surface area contributed by atoms with Gasteiger partial charge in [0.2, 0.25) is 0 Å². The molecule has 0 aliphatic heterocycles. The second kappa shape index (κ2) is 4.14. The highest BCUT2D eigenvalue weighted by atomic mass is 32.2. The Morgan fingerprint density at radius 2 is 2.40 bits per heavy atom. The molecule has 1 aliphatic rings. The maximum Gasteiger partial charge on any atom is 0.251 e. The molecule has 82 valence electrons. The highest BCUT2D eigenvalue weighted by Gasteiger charge is 2.36. The molecule has 0 bridgehead atoms. The van der Waals surface area contributed by atoms with Gasteiger partial charge in [-0.1, -0.05) is 6.42 Å². The van der Waals surface area contributed by atoms with E-state index in [-0.39, 0.29) is 5.56 Å². The Bertz CT molecular complexity index is 453. The maximum atomic E-state index is 11.0. The zero-order valence-corrected chi connectivity index (χ0v) is 10.3. The van der Waals surface area contributed by atoms with Crippen LogP contribution < -0.4 is 5.56 Å². The van der Waals surface area contributed by atoms with E-state index in [1.807, 2.05) is 16.3 Å². The number of aromatic amines is 1. The van der Waals surface area contributed by atoms with Crippen LogP contribution in [0, 0.1) is 4.77 Å². The number of thioether (sulfide) groups is 1. The molecule has 0 spiro atoms. The van der Waals surface area contributed by atoms with Crippen molar-refractivity contribution >= 4 is 24.0 Å². The summed E-state index contributed by atoms with van der Waals surface area (Å²) in [6, 6.07) is 1.53. The predicted octanol–water partition coefficient (Wildman–Crippen LogP) is 2.19. The topological polar surface area (TPSA) is 37.8 Å². The third-order valence-electron chi connectivity index (χ3n) is 3.05. The molecular weight excluding hydrogens is 228 g/mol. The molecule has 0 aromatic carbocycles. The molecule has 0 radical (unpaired) electrons. The Balaban J connectivity index is 2.24. The summed E-state index contributed by atoms with van der Waals surface area (Å²) in [6.07, 6.45) is 7.73. The molecule has 0 saturated heterocycles. The van der Waals surface area contributed by atoms with E-state index in [9.17, 15) is 4.79 Å². The Labute approximate surface area is 97.9 Å². The van der Waals surface area contributed by atoms with Crippen molar-refractivity contribution in [1.29, 1.82) is 0 Å². The Kier molecular flexibility index (Phi) is 3.02. The van der Waals surface area contributed by atoms with E-state index in [0.717, 1.165) is 6.54 Å². The van der Waals surface area contributed by atoms with Crippen LogP contribution in [0.3, 0.4) is 0 Å². The molecule has 0 atom stereocenters. The molecule has 0 unspecified atom stereocenters. The van der Waals surface area contributed by atoms with Gasteiger partial charge in [-0.2, -0.15) is 11.8 Å². The first-order valence-corrected chi connectivity index (χ1v) is 6.63. The van der Waals surface area contributed by atoms with E-state index < -0.39 is 0 Å². The highest BCUT2D eigenvalue weighted by molar-refractivity contribution is 8.00. The predicted molar refractivity (Wildman–Crippen MR) is 66.0 cm³/mol. The van der Waals surface area contributed by atoms with Gasteiger partial charge in [0.05, 0.1) is 0 Å². The van der Waals surface area contributed by atoms with Gasteiger partial charge in [0.1, 0.15) is 0 Å². The van der Waals surface area contributed by atoms with E-state index >= 15 is 0 Å². The van der Waals surface area contributed by atoms with Crippen LogP contribution in [0.5, 0.6) is 0 Å². The lowest BCUT2D eigenvalue weighted by molar-refractivity contribution is 0.318. The first-order valence-electron chi connectivity index (χ1n) is 5.00. The smallest absolute Gasteiger partial charge is 0.251 e. The second-order valence-corrected chi connectivity index (χ2v) is 5.64. The van der Waals surface area contributed by atoms with Crippen molar-refractivity contribution < 1.29 is 0 Å². The average molecular weight is 242 g/mol. The quantitative estimate of drug-likeness (QED) is 0.826. The fourth-order valence-corrected chi connectivity index (χ4v) is 3.07. The van der Waals surface area contributed by atoms with E-state index in [2.05, 4.69) is 11.2 Å². The minimum Gasteiger partial charge on any atom is -0.324 e. The third kappa shape index (κ3) is 2.18. The number of H-pyrrole nitrogens is 1. The second-order valence-electron chi connectivity index (χ2n) is 3.98. The summed E-state index contributed by atoms with van der Waals surface area (Å²) in [7, 11) is 0. The van der Waals surface area contributed by atoms with Crippen molar-refractivity contribution in [2.45, 2.75) is 30.6 Å². The molecular formula is C10H14N2OS2. The number of hydrogen-bond donors (Lipinski definition) is 1. The van der Waals surface area contributed by atoms with Crippen LogP contribution in [-0.4, -0.2) is 20.6 Å². The van der Waals surface area contributed by atoms with Crippen LogP contribution in [0.2, 0.25) is 0 Å². The molecule has 0 amide bonds. The van der Waals surface area contributed by atoms with Gasteiger partial charge in [-0.15, -0.1) is 0 Å². The van der Waals surface area contributed by atoms with Crippen LogP contribution in [0.1, 0.15) is 19.3 Å². The molecule has 2 rings (SSSR count). The van der Waals surface area contributed by atoms with Gasteiger partial charge < -0.3 is 4.57 Å². The fraction of sp³-hybridized carbons (Fsp3) is 0.600. The first-order chi connectivity index (χ1) is 7.15. The van der Waals surface area contributed by atoms with Crippen LogP contribution >= 0.6 is 24.0 Å². The first kappa shape index (κ1) is 11.0. The molecule has 1 fully saturated rings. The molecule has 5 heteroatoms. The summed E-state index contributed by atoms with van der Waals surface area (Å²) in [5.74, 6) is 0. The van der Waals surface area contributed by atoms with Crippen molar-refractivity contribution in [2.75, 3.05) is 6.26 Å². The van der Waals surface area contributed by atoms with E-state index in [1.165, 1.54) is 25.3 Å². The lowest BCUT2D eigenvalue weighted by Gasteiger charge is -2.40. The number of hydrogen-bond acceptors (Lipinski definition) is 3. The molecule has 1 saturated carbocycles. The molecule has 1 N–H and O–H groups in total. The van der Waals surface area contributed by atoms with E-state index in [1.54, 1.807) is 6.20 Å². The van der Waals surface area contributed by atoms with Crippen molar-refractivity contribution in [3.63, 3.8) is 0 Å². The molecule has 15 heavy (non-hydrogen) atoms. The van der Waals surface area contributed by atoms with Crippen LogP contribution in [0.25, 0.3) is 0 Å². The molecule has 1 aromatic heterocycles. The lowest BCUT2D eigenvalue weighted by Crippen LogP contribution is -2.38. The van der Waals surface area contributed by atoms with Gasteiger partial charge >= 0.3 is 0 Å². The minimum absolute atomic E-state index is 0.122. The largest absolute Gasteiger partial charge is 0.324 e. The minimum atomic E-state index is -0.122. The van der Waals surface area contributed by atoms with Crippen LogP contribution in [0.4, 0.5) is 0 Å². The van der Waals surface area contributed by atoms with Gasteiger partial charge in [0.25, 0.3) is 5.56 Å². The summed E-state index contributed by atoms with van der Waals surface area (Å²) in [5, 5.41) is 0. The zero-order chi connectivity index (χ0) is 10.9. The number of nitrogens with zero attached hydrogens (tertiary/aromatic N) is 1. The third-order valence-corrected chi connectivity index (χ3v) is 4.79. The van der Waals surface area contributed by atoms with Crippen LogP contribution in [-0.2, 0) is 6.54 Å². The molecule has 1 heterocycles. The zero-order valence-electron chi connectivity index (χ0n) is 8.66. The lowest BCUT2D eigenvalue weighted by atomic mass is 9.84. The Morgan fingerprint density at radius 3 is 2.87 bits per heavy atom. The normalized spacial score (nSPS) is 18.5. The van der Waals surface area contributed by atoms with Crippen molar-refractivity contribution in [3.05, 3.63) is 27.4 Å². The summed E-state index contributed by atoms with van der Waals surface area (Å²) in [4.78, 5) is 13.7. The Hall–Kier alpha value is -0.550. The molecule has 1 aromatic rings. The van der Waals surface area contributed by atoms with Gasteiger partial charge in [-0.05, 0) is 31.3 Å². The monoisotopic (exact) mass is 242 g/mol. The number of nitrogens with one attached hydrogen (secondary N) is 1. The van der Waals surface area contributed by atoms with Gasteiger partial charge in [-0.3, -0.25) is 9.78 Å². The summed E-state index contributed by atoms with van der Waals surface area (Å²) >= 11 is 7.03. The standard InChI is InChI=1S/C10H14N2OS2/c1-15-10(4-2-5-10)7-12-6-3-8(13)11-9(12)14/h3,6H,2,4-5,7H2,1H3,(H,11,13,14). The summed E-state index contributed by atoms with van der Waals surface area (Å²) in [5.41, 5.74) is -0.122. The average Bonchev–Trinajstić information content (AvgIpc) is 2.14. The fourth-order valence-electron chi connectivity index (χ4n) is 1.88. The number of rotatable bonds is 3. The van der Waals surface area contributed by atoms with Gasteiger partial charge in [0.15, 0.2) is 4.77 Å². The van der Waals surface area contributed by atoms with E-state index in [0.29, 0.717) is 9.52 Å². The number of aromatic nitrogens is 2. The summed E-state index contributed by atoms with van der Waals surface area (Å²) in [6.45, 7) is 0.907. The summed E-state index contributed by atoms with van der Waals surface area (Å²) < 4.78 is 2.84. The van der Waals surface area contributed by atoms with Gasteiger partial charge in [-0.25, -0.2) is 0 Å². The SMILES string of the molecule is CSC1(Cn2ccc(=O)[nH]c2=S)CCC1. The van der Waals surface area contributed by atoms with Crippen LogP contribution in [0.15, 0.2) is 17.1 Å². The van der Waals surface area contributed by atoms with Crippen molar-refractivity contribution in [3.8, 4) is 0 Å². The van der Waals surface area contributed by atoms with Crippen molar-refractivity contribution in [1.82, 2.24) is 9.55 Å². The maximum absolute atomic E-state index is 11.0. The molecule has 1 aliphatic carbocycles. The highest BCUT2D eigenvalue weighted by Crippen LogP contribution is 2.43. The van der Waals surface area contributed by atoms with Crippen molar-refractivity contribution in [2.24, 2.45) is 0 Å².